The first-order valence-electron chi connectivity index (χ1n) is 4.89. The Kier molecular flexibility index (Phi) is 3.88. The molecule has 3 heteroatoms. The second kappa shape index (κ2) is 4.72. The van der Waals surface area contributed by atoms with Gasteiger partial charge in [-0.1, -0.05) is 6.92 Å². The number of carbonyl (C=O) groups is 1. The van der Waals surface area contributed by atoms with Gasteiger partial charge in [0, 0.05) is 12.3 Å². The maximum absolute atomic E-state index is 10.3. The molecule has 0 saturated carbocycles. The van der Waals surface area contributed by atoms with Crippen LogP contribution in [0.15, 0.2) is 0 Å². The Bertz CT molecular complexity index is 162. The molecule has 0 unspecified atom stereocenters. The van der Waals surface area contributed by atoms with E-state index in [1.165, 1.54) is 0 Å². The van der Waals surface area contributed by atoms with E-state index in [0.29, 0.717) is 13.2 Å². The SMILES string of the molecule is C[C@H](C=O)CCCC1(C)OCCO1. The molecule has 0 bridgehead atoms. The van der Waals surface area contributed by atoms with Crippen LogP contribution in [0.4, 0.5) is 0 Å². The summed E-state index contributed by atoms with van der Waals surface area (Å²) in [6.07, 6.45) is 3.78. The summed E-state index contributed by atoms with van der Waals surface area (Å²) in [5.41, 5.74) is 0. The molecule has 1 atom stereocenters. The smallest absolute Gasteiger partial charge is 0.165 e. The summed E-state index contributed by atoms with van der Waals surface area (Å²) in [6, 6.07) is 0. The molecular formula is C10H18O3. The molecule has 0 spiro atoms. The lowest BCUT2D eigenvalue weighted by Gasteiger charge is -2.22. The van der Waals surface area contributed by atoms with Crippen LogP contribution < -0.4 is 0 Å². The Labute approximate surface area is 79.4 Å². The summed E-state index contributed by atoms with van der Waals surface area (Å²) in [5.74, 6) is -0.229. The first kappa shape index (κ1) is 10.7. The fourth-order valence-corrected chi connectivity index (χ4v) is 1.51. The topological polar surface area (TPSA) is 35.5 Å². The molecular weight excluding hydrogens is 168 g/mol. The maximum atomic E-state index is 10.3. The Morgan fingerprint density at radius 3 is 2.62 bits per heavy atom. The second-order valence-corrected chi connectivity index (χ2v) is 3.84. The van der Waals surface area contributed by atoms with Gasteiger partial charge >= 0.3 is 0 Å². The molecule has 76 valence electrons. The van der Waals surface area contributed by atoms with E-state index >= 15 is 0 Å². The summed E-state index contributed by atoms with van der Waals surface area (Å²) in [7, 11) is 0. The van der Waals surface area contributed by atoms with Crippen LogP contribution in [-0.2, 0) is 14.3 Å². The molecule has 1 saturated heterocycles. The van der Waals surface area contributed by atoms with Gasteiger partial charge in [-0.25, -0.2) is 0 Å². The molecule has 1 aliphatic heterocycles. The molecule has 0 aromatic carbocycles. The zero-order valence-electron chi connectivity index (χ0n) is 8.41. The molecule has 0 aliphatic carbocycles. The van der Waals surface area contributed by atoms with Crippen LogP contribution in [0.1, 0.15) is 33.1 Å². The van der Waals surface area contributed by atoms with Gasteiger partial charge in [-0.2, -0.15) is 0 Å². The minimum absolute atomic E-state index is 0.157. The third-order valence-corrected chi connectivity index (χ3v) is 2.42. The average Bonchev–Trinajstić information content (AvgIpc) is 2.52. The van der Waals surface area contributed by atoms with Crippen LogP contribution in [0.25, 0.3) is 0 Å². The molecule has 0 radical (unpaired) electrons. The standard InChI is InChI=1S/C10H18O3/c1-9(8-11)4-3-5-10(2)12-6-7-13-10/h8-9H,3-7H2,1-2H3/t9-/m0/s1. The normalized spacial score (nSPS) is 22.9. The van der Waals surface area contributed by atoms with Gasteiger partial charge in [-0.05, 0) is 19.8 Å². The van der Waals surface area contributed by atoms with E-state index in [4.69, 9.17) is 9.47 Å². The monoisotopic (exact) mass is 186 g/mol. The number of aldehydes is 1. The van der Waals surface area contributed by atoms with E-state index in [0.717, 1.165) is 25.5 Å². The van der Waals surface area contributed by atoms with Crippen molar-refractivity contribution >= 4 is 6.29 Å². The van der Waals surface area contributed by atoms with E-state index < -0.39 is 0 Å². The Morgan fingerprint density at radius 1 is 1.46 bits per heavy atom. The largest absolute Gasteiger partial charge is 0.348 e. The van der Waals surface area contributed by atoms with Crippen LogP contribution in [-0.4, -0.2) is 25.3 Å². The van der Waals surface area contributed by atoms with Crippen LogP contribution in [0.2, 0.25) is 0 Å². The Morgan fingerprint density at radius 2 is 2.08 bits per heavy atom. The van der Waals surface area contributed by atoms with Gasteiger partial charge in [0.15, 0.2) is 5.79 Å². The van der Waals surface area contributed by atoms with E-state index in [9.17, 15) is 4.79 Å². The fourth-order valence-electron chi connectivity index (χ4n) is 1.51. The molecule has 1 aliphatic rings. The highest BCUT2D eigenvalue weighted by atomic mass is 16.7. The first-order chi connectivity index (χ1) is 6.16. The molecule has 0 N–H and O–H groups in total. The van der Waals surface area contributed by atoms with Crippen LogP contribution in [0.3, 0.4) is 0 Å². The quantitative estimate of drug-likeness (QED) is 0.614. The summed E-state index contributed by atoms with van der Waals surface area (Å²) in [4.78, 5) is 10.3. The molecule has 0 aromatic rings. The lowest BCUT2D eigenvalue weighted by molar-refractivity contribution is -0.148. The van der Waals surface area contributed by atoms with Gasteiger partial charge in [0.1, 0.15) is 6.29 Å². The lowest BCUT2D eigenvalue weighted by Crippen LogP contribution is -2.25. The van der Waals surface area contributed by atoms with Crippen molar-refractivity contribution in [3.63, 3.8) is 0 Å². The highest BCUT2D eigenvalue weighted by Crippen LogP contribution is 2.25. The van der Waals surface area contributed by atoms with Crippen molar-refractivity contribution in [3.05, 3.63) is 0 Å². The lowest BCUT2D eigenvalue weighted by atomic mass is 10.0. The third-order valence-electron chi connectivity index (χ3n) is 2.42. The van der Waals surface area contributed by atoms with Crippen molar-refractivity contribution in [1.82, 2.24) is 0 Å². The van der Waals surface area contributed by atoms with Gasteiger partial charge in [0.25, 0.3) is 0 Å². The summed E-state index contributed by atoms with van der Waals surface area (Å²) in [6.45, 7) is 5.29. The highest BCUT2D eigenvalue weighted by molar-refractivity contribution is 5.52. The summed E-state index contributed by atoms with van der Waals surface area (Å²) < 4.78 is 10.9. The molecule has 1 heterocycles. The fraction of sp³-hybridized carbons (Fsp3) is 0.900. The molecule has 3 nitrogen and oxygen atoms in total. The summed E-state index contributed by atoms with van der Waals surface area (Å²) in [5, 5.41) is 0. The van der Waals surface area contributed by atoms with Gasteiger partial charge in [0.05, 0.1) is 13.2 Å². The Balaban J connectivity index is 2.14. The number of carbonyl (C=O) groups excluding carboxylic acids is 1. The molecule has 1 rings (SSSR count). The number of ether oxygens (including phenoxy) is 2. The van der Waals surface area contributed by atoms with Crippen molar-refractivity contribution in [1.29, 1.82) is 0 Å². The van der Waals surface area contributed by atoms with Crippen molar-refractivity contribution in [2.75, 3.05) is 13.2 Å². The van der Waals surface area contributed by atoms with Gasteiger partial charge in [0.2, 0.25) is 0 Å². The van der Waals surface area contributed by atoms with Crippen molar-refractivity contribution in [2.24, 2.45) is 5.92 Å². The zero-order chi connectivity index (χ0) is 9.73. The van der Waals surface area contributed by atoms with Crippen molar-refractivity contribution in [3.8, 4) is 0 Å². The Hall–Kier alpha value is -0.410. The average molecular weight is 186 g/mol. The highest BCUT2D eigenvalue weighted by Gasteiger charge is 2.29. The van der Waals surface area contributed by atoms with Crippen LogP contribution in [0, 0.1) is 5.92 Å². The van der Waals surface area contributed by atoms with Crippen LogP contribution >= 0.6 is 0 Å². The predicted octanol–water partition coefficient (Wildman–Crippen LogP) is 1.75. The summed E-state index contributed by atoms with van der Waals surface area (Å²) >= 11 is 0. The molecule has 13 heavy (non-hydrogen) atoms. The van der Waals surface area contributed by atoms with Gasteiger partial charge in [-0.15, -0.1) is 0 Å². The molecule has 0 amide bonds. The molecule has 0 aromatic heterocycles. The molecule has 1 fully saturated rings. The zero-order valence-corrected chi connectivity index (χ0v) is 8.41. The number of hydrogen-bond donors (Lipinski definition) is 0. The second-order valence-electron chi connectivity index (χ2n) is 3.84. The number of hydrogen-bond acceptors (Lipinski definition) is 3. The van der Waals surface area contributed by atoms with E-state index in [-0.39, 0.29) is 11.7 Å². The predicted molar refractivity (Wildman–Crippen MR) is 49.4 cm³/mol. The third kappa shape index (κ3) is 3.44. The van der Waals surface area contributed by atoms with Gasteiger partial charge in [-0.3, -0.25) is 0 Å². The number of rotatable bonds is 5. The van der Waals surface area contributed by atoms with E-state index in [1.807, 2.05) is 13.8 Å². The van der Waals surface area contributed by atoms with Crippen molar-refractivity contribution < 1.29 is 14.3 Å². The maximum Gasteiger partial charge on any atom is 0.165 e. The van der Waals surface area contributed by atoms with Gasteiger partial charge < -0.3 is 14.3 Å². The van der Waals surface area contributed by atoms with E-state index in [2.05, 4.69) is 0 Å². The minimum Gasteiger partial charge on any atom is -0.348 e. The van der Waals surface area contributed by atoms with Crippen molar-refractivity contribution in [2.45, 2.75) is 38.9 Å². The van der Waals surface area contributed by atoms with Crippen LogP contribution in [0.5, 0.6) is 0 Å². The minimum atomic E-state index is -0.386. The van der Waals surface area contributed by atoms with E-state index in [1.54, 1.807) is 0 Å². The first-order valence-corrected chi connectivity index (χ1v) is 4.89.